The van der Waals surface area contributed by atoms with Gasteiger partial charge in [0.05, 0.1) is 21.3 Å². The van der Waals surface area contributed by atoms with Crippen LogP contribution in [-0.2, 0) is 0 Å². The molecule has 0 saturated carbocycles. The number of hydrogen-bond acceptors (Lipinski definition) is 5. The van der Waals surface area contributed by atoms with E-state index >= 15 is 0 Å². The number of carbonyl (C=O) groups excluding carboxylic acids is 2. The molecule has 2 aromatic carbocycles. The number of amides is 2. The highest BCUT2D eigenvalue weighted by Crippen LogP contribution is 2.27. The molecule has 0 unspecified atom stereocenters. The molecule has 0 aliphatic heterocycles. The molecule has 29 heavy (non-hydrogen) atoms. The van der Waals surface area contributed by atoms with Crippen molar-refractivity contribution in [3.63, 3.8) is 0 Å². The molecule has 8 heteroatoms. The van der Waals surface area contributed by atoms with Crippen LogP contribution >= 0.6 is 34.3 Å². The first kappa shape index (κ1) is 19.3. The van der Waals surface area contributed by atoms with Gasteiger partial charge in [0.25, 0.3) is 11.8 Å². The molecule has 0 fully saturated rings. The summed E-state index contributed by atoms with van der Waals surface area (Å²) < 4.78 is 0. The Kier molecular flexibility index (Phi) is 5.71. The lowest BCUT2D eigenvalue weighted by Gasteiger charge is -2.09. The first-order valence-corrected chi connectivity index (χ1v) is 10.7. The van der Waals surface area contributed by atoms with Gasteiger partial charge in [-0.1, -0.05) is 48.0 Å². The van der Waals surface area contributed by atoms with E-state index < -0.39 is 0 Å². The Morgan fingerprint density at radius 3 is 2.48 bits per heavy atom. The minimum Gasteiger partial charge on any atom is -0.320 e. The second-order valence-corrected chi connectivity index (χ2v) is 8.20. The molecule has 0 bridgehead atoms. The first-order valence-electron chi connectivity index (χ1n) is 8.57. The summed E-state index contributed by atoms with van der Waals surface area (Å²) in [7, 11) is 0. The fourth-order valence-corrected chi connectivity index (χ4v) is 4.09. The van der Waals surface area contributed by atoms with E-state index in [2.05, 4.69) is 15.6 Å². The summed E-state index contributed by atoms with van der Waals surface area (Å²) in [6.45, 7) is 0. The summed E-state index contributed by atoms with van der Waals surface area (Å²) >= 11 is 8.86. The largest absolute Gasteiger partial charge is 0.320 e. The van der Waals surface area contributed by atoms with Crippen LogP contribution in [0.15, 0.2) is 71.4 Å². The number of anilines is 2. The fourth-order valence-electron chi connectivity index (χ4n) is 2.60. The lowest BCUT2D eigenvalue weighted by Crippen LogP contribution is -2.14. The number of hydrogen-bond donors (Lipinski definition) is 2. The zero-order valence-electron chi connectivity index (χ0n) is 14.9. The Labute approximate surface area is 180 Å². The van der Waals surface area contributed by atoms with E-state index in [1.165, 1.54) is 22.7 Å². The maximum absolute atomic E-state index is 12.6. The van der Waals surface area contributed by atoms with E-state index in [0.29, 0.717) is 26.3 Å². The van der Waals surface area contributed by atoms with Gasteiger partial charge in [-0.2, -0.15) is 0 Å². The van der Waals surface area contributed by atoms with Crippen LogP contribution in [0.1, 0.15) is 20.0 Å². The molecule has 0 aliphatic carbocycles. The highest BCUT2D eigenvalue weighted by atomic mass is 35.5. The summed E-state index contributed by atoms with van der Waals surface area (Å²) in [4.78, 5) is 29.9. The lowest BCUT2D eigenvalue weighted by molar-refractivity contribution is 0.101. The third-order valence-corrected chi connectivity index (χ3v) is 5.97. The molecular weight excluding hydrogens is 426 g/mol. The van der Waals surface area contributed by atoms with Crippen molar-refractivity contribution in [3.8, 4) is 11.3 Å². The Morgan fingerprint density at radius 1 is 0.897 bits per heavy atom. The average molecular weight is 440 g/mol. The van der Waals surface area contributed by atoms with Gasteiger partial charge in [0.1, 0.15) is 0 Å². The Bertz CT molecular complexity index is 1160. The Morgan fingerprint density at radius 2 is 1.72 bits per heavy atom. The number of benzene rings is 2. The number of thiophene rings is 1. The van der Waals surface area contributed by atoms with E-state index in [9.17, 15) is 9.59 Å². The van der Waals surface area contributed by atoms with Crippen LogP contribution < -0.4 is 10.6 Å². The van der Waals surface area contributed by atoms with Crippen LogP contribution in [0, 0.1) is 0 Å². The number of nitrogens with zero attached hydrogens (tertiary/aromatic N) is 1. The van der Waals surface area contributed by atoms with Crippen molar-refractivity contribution in [2.75, 3.05) is 10.6 Å². The van der Waals surface area contributed by atoms with Crippen molar-refractivity contribution >= 4 is 56.9 Å². The van der Waals surface area contributed by atoms with E-state index in [0.717, 1.165) is 11.3 Å². The summed E-state index contributed by atoms with van der Waals surface area (Å²) in [6, 6.07) is 18.0. The Hall–Kier alpha value is -3.00. The molecule has 4 rings (SSSR count). The van der Waals surface area contributed by atoms with Crippen molar-refractivity contribution in [3.05, 3.63) is 86.9 Å². The molecule has 0 atom stereocenters. The predicted molar refractivity (Wildman–Crippen MR) is 119 cm³/mol. The zero-order chi connectivity index (χ0) is 20.2. The number of nitrogens with one attached hydrogen (secondary N) is 2. The molecule has 4 aromatic rings. The van der Waals surface area contributed by atoms with E-state index in [1.54, 1.807) is 30.3 Å². The summed E-state index contributed by atoms with van der Waals surface area (Å²) in [5.41, 5.74) is 2.52. The van der Waals surface area contributed by atoms with Gasteiger partial charge < -0.3 is 5.32 Å². The maximum Gasteiger partial charge on any atom is 0.265 e. The number of carbonyl (C=O) groups is 2. The lowest BCUT2D eigenvalue weighted by atomic mass is 10.2. The van der Waals surface area contributed by atoms with Crippen molar-refractivity contribution in [1.82, 2.24) is 4.98 Å². The second kappa shape index (κ2) is 8.57. The number of halogens is 1. The monoisotopic (exact) mass is 439 g/mol. The number of thiazole rings is 1. The van der Waals surface area contributed by atoms with Crippen LogP contribution in [0.4, 0.5) is 10.8 Å². The van der Waals surface area contributed by atoms with Crippen molar-refractivity contribution in [2.45, 2.75) is 0 Å². The molecule has 0 spiro atoms. The number of rotatable bonds is 5. The highest BCUT2D eigenvalue weighted by Gasteiger charge is 2.14. The van der Waals surface area contributed by atoms with Crippen molar-refractivity contribution in [2.24, 2.45) is 0 Å². The van der Waals surface area contributed by atoms with Crippen LogP contribution in [-0.4, -0.2) is 16.8 Å². The number of aromatic nitrogens is 1. The van der Waals surface area contributed by atoms with Gasteiger partial charge in [0, 0.05) is 16.5 Å². The van der Waals surface area contributed by atoms with Crippen LogP contribution in [0.3, 0.4) is 0 Å². The van der Waals surface area contributed by atoms with Gasteiger partial charge in [-0.05, 0) is 29.6 Å². The molecule has 144 valence electrons. The smallest absolute Gasteiger partial charge is 0.265 e. The third kappa shape index (κ3) is 4.54. The van der Waals surface area contributed by atoms with E-state index in [4.69, 9.17) is 11.6 Å². The third-order valence-electron chi connectivity index (χ3n) is 4.02. The van der Waals surface area contributed by atoms with E-state index in [1.807, 2.05) is 41.1 Å². The Balaban J connectivity index is 1.49. The van der Waals surface area contributed by atoms with Crippen LogP contribution in [0.5, 0.6) is 0 Å². The summed E-state index contributed by atoms with van der Waals surface area (Å²) in [5, 5.41) is 10.1. The van der Waals surface area contributed by atoms with Crippen LogP contribution in [0.25, 0.3) is 11.3 Å². The molecule has 2 heterocycles. The first-order chi connectivity index (χ1) is 14.1. The molecule has 2 N–H and O–H groups in total. The van der Waals surface area contributed by atoms with Crippen molar-refractivity contribution < 1.29 is 9.59 Å². The van der Waals surface area contributed by atoms with Gasteiger partial charge in [0.2, 0.25) is 0 Å². The van der Waals surface area contributed by atoms with Gasteiger partial charge in [-0.25, -0.2) is 4.98 Å². The van der Waals surface area contributed by atoms with Gasteiger partial charge in [-0.3, -0.25) is 14.9 Å². The molecule has 0 radical (unpaired) electrons. The van der Waals surface area contributed by atoms with Gasteiger partial charge >= 0.3 is 0 Å². The quantitative estimate of drug-likeness (QED) is 0.398. The normalized spacial score (nSPS) is 10.5. The molecule has 5 nitrogen and oxygen atoms in total. The SMILES string of the molecule is O=C(Nc1nc(-c2ccccc2)cs1)c1ccc(Cl)c(NC(=O)c2cccs2)c1. The predicted octanol–water partition coefficient (Wildman–Crippen LogP) is 6.03. The van der Waals surface area contributed by atoms with E-state index in [-0.39, 0.29) is 11.8 Å². The zero-order valence-corrected chi connectivity index (χ0v) is 17.3. The van der Waals surface area contributed by atoms with Crippen LogP contribution in [0.2, 0.25) is 5.02 Å². The summed E-state index contributed by atoms with van der Waals surface area (Å²) in [5.74, 6) is -0.603. The minimum atomic E-state index is -0.331. The minimum absolute atomic E-state index is 0.271. The van der Waals surface area contributed by atoms with Gasteiger partial charge in [0.15, 0.2) is 5.13 Å². The molecule has 0 saturated heterocycles. The van der Waals surface area contributed by atoms with Gasteiger partial charge in [-0.15, -0.1) is 22.7 Å². The van der Waals surface area contributed by atoms with Crippen molar-refractivity contribution in [1.29, 1.82) is 0 Å². The highest BCUT2D eigenvalue weighted by molar-refractivity contribution is 7.14. The average Bonchev–Trinajstić information content (AvgIpc) is 3.42. The molecule has 0 aliphatic rings. The topological polar surface area (TPSA) is 71.1 Å². The molecule has 2 amide bonds. The fraction of sp³-hybridized carbons (Fsp3) is 0. The summed E-state index contributed by atoms with van der Waals surface area (Å²) in [6.07, 6.45) is 0. The molecular formula is C21H14ClN3O2S2. The molecule has 2 aromatic heterocycles. The second-order valence-electron chi connectivity index (χ2n) is 5.98. The standard InChI is InChI=1S/C21H14ClN3O2S2/c22-15-9-8-14(11-16(15)23-20(27)18-7-4-10-28-18)19(26)25-21-24-17(12-29-21)13-5-2-1-3-6-13/h1-12H,(H,23,27)(H,24,25,26). The maximum atomic E-state index is 12.6.